The molecule has 2 radical (unpaired) electrons. The Labute approximate surface area is 106 Å². The molecule has 1 heterocycles. The summed E-state index contributed by atoms with van der Waals surface area (Å²) in [4.78, 5) is 4.60. The van der Waals surface area contributed by atoms with Crippen LogP contribution in [0.5, 0.6) is 5.75 Å². The molecule has 0 saturated carbocycles. The average Bonchev–Trinajstić information content (AvgIpc) is 2.25. The zero-order valence-electron chi connectivity index (χ0n) is 9.81. The van der Waals surface area contributed by atoms with E-state index in [0.29, 0.717) is 0 Å². The quantitative estimate of drug-likeness (QED) is 0.738. The summed E-state index contributed by atoms with van der Waals surface area (Å²) in [6.07, 6.45) is 0. The van der Waals surface area contributed by atoms with E-state index >= 15 is 0 Å². The molecule has 16 heavy (non-hydrogen) atoms. The first kappa shape index (κ1) is 11.8. The van der Waals surface area contributed by atoms with Gasteiger partial charge in [0.05, 0.1) is 0 Å². The molecule has 86 valence electrons. The summed E-state index contributed by atoms with van der Waals surface area (Å²) in [5, 5.41) is 0. The van der Waals surface area contributed by atoms with Gasteiger partial charge < -0.3 is 0 Å². The van der Waals surface area contributed by atoms with E-state index in [4.69, 9.17) is 4.74 Å². The molecule has 0 aromatic heterocycles. The molecule has 0 aliphatic carbocycles. The summed E-state index contributed by atoms with van der Waals surface area (Å²) in [6.45, 7) is 3.90. The maximum atomic E-state index is 5.68. The molecule has 1 aromatic carbocycles. The van der Waals surface area contributed by atoms with Crippen molar-refractivity contribution in [2.75, 3.05) is 45.2 Å². The SMILES string of the molecule is CN(C)CCN1CCOc2cc([As])ccc21. The molecule has 3 nitrogen and oxygen atoms in total. The zero-order chi connectivity index (χ0) is 11.5. The fraction of sp³-hybridized carbons (Fsp3) is 0.500. The first-order chi connectivity index (χ1) is 7.66. The van der Waals surface area contributed by atoms with Crippen LogP contribution in [0, 0.1) is 0 Å². The number of hydrogen-bond donors (Lipinski definition) is 0. The molecule has 4 heteroatoms. The summed E-state index contributed by atoms with van der Waals surface area (Å²) < 4.78 is 6.87. The molecule has 2 rings (SSSR count). The Kier molecular flexibility index (Phi) is 3.77. The van der Waals surface area contributed by atoms with Crippen LogP contribution in [-0.4, -0.2) is 62.1 Å². The Hall–Kier alpha value is -0.662. The zero-order valence-corrected chi connectivity index (χ0v) is 11.7. The predicted molar refractivity (Wildman–Crippen MR) is 68.1 cm³/mol. The third-order valence-electron chi connectivity index (χ3n) is 2.72. The number of nitrogens with zero attached hydrogens (tertiary/aromatic N) is 2. The topological polar surface area (TPSA) is 15.7 Å². The molecule has 0 unspecified atom stereocenters. The van der Waals surface area contributed by atoms with E-state index in [-0.39, 0.29) is 0 Å². The molecular weight excluding hydrogens is 263 g/mol. The van der Waals surface area contributed by atoms with Gasteiger partial charge in [-0.25, -0.2) is 0 Å². The van der Waals surface area contributed by atoms with Gasteiger partial charge in [-0.1, -0.05) is 0 Å². The molecule has 1 aromatic rings. The molecule has 1 aliphatic heterocycles. The van der Waals surface area contributed by atoms with Gasteiger partial charge in [0.15, 0.2) is 0 Å². The van der Waals surface area contributed by atoms with Gasteiger partial charge >= 0.3 is 106 Å². The van der Waals surface area contributed by atoms with Crippen LogP contribution in [0.25, 0.3) is 0 Å². The van der Waals surface area contributed by atoms with Gasteiger partial charge in [-0.3, -0.25) is 0 Å². The molecule has 0 N–H and O–H groups in total. The summed E-state index contributed by atoms with van der Waals surface area (Å²) >= 11 is 2.56. The summed E-state index contributed by atoms with van der Waals surface area (Å²) in [7, 11) is 4.21. The minimum atomic E-state index is 0.789. The van der Waals surface area contributed by atoms with Crippen molar-refractivity contribution in [3.8, 4) is 5.75 Å². The van der Waals surface area contributed by atoms with Crippen molar-refractivity contribution in [1.82, 2.24) is 4.90 Å². The first-order valence-electron chi connectivity index (χ1n) is 5.52. The first-order valence-corrected chi connectivity index (χ1v) is 6.46. The van der Waals surface area contributed by atoms with Gasteiger partial charge in [-0.15, -0.1) is 0 Å². The van der Waals surface area contributed by atoms with E-state index in [0.717, 1.165) is 32.0 Å². The number of fused-ring (bicyclic) bond motifs is 1. The minimum absolute atomic E-state index is 0.789. The fourth-order valence-corrected chi connectivity index (χ4v) is 2.22. The third kappa shape index (κ3) is 2.72. The average molecular weight is 280 g/mol. The Bertz CT molecular complexity index is 368. The Morgan fingerprint density at radius 1 is 1.44 bits per heavy atom. The molecule has 0 atom stereocenters. The fourth-order valence-electron chi connectivity index (χ4n) is 1.82. The van der Waals surface area contributed by atoms with Gasteiger partial charge in [-0.05, 0) is 0 Å². The van der Waals surface area contributed by atoms with E-state index in [9.17, 15) is 0 Å². The van der Waals surface area contributed by atoms with Crippen molar-refractivity contribution in [1.29, 1.82) is 0 Å². The number of anilines is 1. The molecule has 0 bridgehead atoms. The van der Waals surface area contributed by atoms with E-state index in [1.165, 1.54) is 10.0 Å². The number of ether oxygens (including phenoxy) is 1. The van der Waals surface area contributed by atoms with Crippen molar-refractivity contribution < 1.29 is 4.74 Å². The molecule has 1 aliphatic rings. The van der Waals surface area contributed by atoms with Crippen molar-refractivity contribution >= 4 is 26.9 Å². The second kappa shape index (κ2) is 5.11. The van der Waals surface area contributed by atoms with E-state index in [1.54, 1.807) is 0 Å². The third-order valence-corrected chi connectivity index (χ3v) is 3.30. The van der Waals surface area contributed by atoms with Crippen LogP contribution in [-0.2, 0) is 0 Å². The second-order valence-electron chi connectivity index (χ2n) is 4.29. The van der Waals surface area contributed by atoms with Gasteiger partial charge in [0, 0.05) is 0 Å². The number of likely N-dealkylation sites (N-methyl/N-ethyl adjacent to an activating group) is 1. The van der Waals surface area contributed by atoms with Crippen molar-refractivity contribution in [2.24, 2.45) is 0 Å². The van der Waals surface area contributed by atoms with E-state index in [2.05, 4.69) is 58.9 Å². The van der Waals surface area contributed by atoms with Crippen molar-refractivity contribution in [3.63, 3.8) is 0 Å². The van der Waals surface area contributed by atoms with Crippen LogP contribution in [0.3, 0.4) is 0 Å². The molecule has 0 amide bonds. The van der Waals surface area contributed by atoms with Crippen LogP contribution in [0.2, 0.25) is 0 Å². The van der Waals surface area contributed by atoms with Crippen LogP contribution in [0.4, 0.5) is 5.69 Å². The summed E-state index contributed by atoms with van der Waals surface area (Å²) in [6, 6.07) is 6.37. The molecule has 0 saturated heterocycles. The Balaban J connectivity index is 2.13. The normalized spacial score (nSPS) is 14.9. The van der Waals surface area contributed by atoms with Gasteiger partial charge in [0.25, 0.3) is 0 Å². The van der Waals surface area contributed by atoms with E-state index < -0.39 is 0 Å². The van der Waals surface area contributed by atoms with Crippen LogP contribution in [0.1, 0.15) is 0 Å². The number of benzene rings is 1. The van der Waals surface area contributed by atoms with Crippen molar-refractivity contribution in [2.45, 2.75) is 0 Å². The Morgan fingerprint density at radius 3 is 3.00 bits per heavy atom. The maximum absolute atomic E-state index is 5.68. The van der Waals surface area contributed by atoms with Crippen LogP contribution in [0.15, 0.2) is 18.2 Å². The number of rotatable bonds is 3. The number of hydrogen-bond acceptors (Lipinski definition) is 3. The molecular formula is C12H17AsN2O. The standard InChI is InChI=1S/C12H17AsN2O/c1-14(2)5-6-15-7-8-16-12-9-10(13)3-4-11(12)15/h3-4,9H,5-8H2,1-2H3. The summed E-state index contributed by atoms with van der Waals surface area (Å²) in [5.74, 6) is 1.02. The predicted octanol–water partition coefficient (Wildman–Crippen LogP) is 0.241. The van der Waals surface area contributed by atoms with E-state index in [1.807, 2.05) is 0 Å². The van der Waals surface area contributed by atoms with Gasteiger partial charge in [-0.2, -0.15) is 0 Å². The van der Waals surface area contributed by atoms with Crippen molar-refractivity contribution in [3.05, 3.63) is 18.2 Å². The molecule has 0 spiro atoms. The van der Waals surface area contributed by atoms with Gasteiger partial charge in [0.2, 0.25) is 0 Å². The van der Waals surface area contributed by atoms with Crippen LogP contribution < -0.4 is 14.0 Å². The monoisotopic (exact) mass is 280 g/mol. The van der Waals surface area contributed by atoms with Crippen LogP contribution >= 0.6 is 0 Å². The second-order valence-corrected chi connectivity index (χ2v) is 5.37. The van der Waals surface area contributed by atoms with Gasteiger partial charge in [0.1, 0.15) is 0 Å². The molecule has 0 fully saturated rings. The Morgan fingerprint density at radius 2 is 2.25 bits per heavy atom. The summed E-state index contributed by atoms with van der Waals surface area (Å²) in [5.41, 5.74) is 1.22.